The van der Waals surface area contributed by atoms with Gasteiger partial charge >= 0.3 is 0 Å². The number of nitrogens with one attached hydrogen (secondary N) is 1. The van der Waals surface area contributed by atoms with E-state index >= 15 is 0 Å². The van der Waals surface area contributed by atoms with E-state index < -0.39 is 28.5 Å². The van der Waals surface area contributed by atoms with E-state index in [4.69, 9.17) is 16.3 Å². The van der Waals surface area contributed by atoms with Crippen LogP contribution in [0.3, 0.4) is 0 Å². The molecule has 0 saturated heterocycles. The van der Waals surface area contributed by atoms with Gasteiger partial charge in [-0.3, -0.25) is 13.9 Å². The first kappa shape index (κ1) is 26.5. The van der Waals surface area contributed by atoms with Crippen molar-refractivity contribution in [3.05, 3.63) is 58.6 Å². The molecule has 0 aliphatic carbocycles. The molecule has 10 heteroatoms. The number of benzene rings is 2. The van der Waals surface area contributed by atoms with Gasteiger partial charge in [0.25, 0.3) is 0 Å². The molecular formula is C23H30ClN3O5S. The van der Waals surface area contributed by atoms with Crippen LogP contribution in [0, 0.1) is 6.92 Å². The molecule has 2 rings (SSSR count). The van der Waals surface area contributed by atoms with Crippen molar-refractivity contribution in [1.29, 1.82) is 0 Å². The highest BCUT2D eigenvalue weighted by atomic mass is 35.5. The van der Waals surface area contributed by atoms with Crippen molar-refractivity contribution in [2.24, 2.45) is 0 Å². The Bertz CT molecular complexity index is 1090. The number of hydrogen-bond acceptors (Lipinski definition) is 5. The molecule has 0 heterocycles. The van der Waals surface area contributed by atoms with E-state index in [2.05, 4.69) is 5.32 Å². The van der Waals surface area contributed by atoms with E-state index in [0.717, 1.165) is 21.7 Å². The van der Waals surface area contributed by atoms with Gasteiger partial charge in [-0.2, -0.15) is 0 Å². The summed E-state index contributed by atoms with van der Waals surface area (Å²) in [7, 11) is -2.49. The zero-order chi connectivity index (χ0) is 24.8. The summed E-state index contributed by atoms with van der Waals surface area (Å²) in [5.74, 6) is -0.620. The highest BCUT2D eigenvalue weighted by Crippen LogP contribution is 2.33. The number of ether oxygens (including phenoxy) is 1. The van der Waals surface area contributed by atoms with Gasteiger partial charge in [0.2, 0.25) is 21.8 Å². The molecule has 1 atom stereocenters. The number of anilines is 1. The predicted octanol–water partition coefficient (Wildman–Crippen LogP) is 2.98. The zero-order valence-electron chi connectivity index (χ0n) is 19.5. The number of nitrogens with zero attached hydrogens (tertiary/aromatic N) is 2. The Morgan fingerprint density at radius 3 is 2.33 bits per heavy atom. The molecule has 2 amide bonds. The summed E-state index contributed by atoms with van der Waals surface area (Å²) in [5.41, 5.74) is 2.02. The summed E-state index contributed by atoms with van der Waals surface area (Å²) in [6.45, 7) is 5.37. The Morgan fingerprint density at radius 2 is 1.79 bits per heavy atom. The molecular weight excluding hydrogens is 466 g/mol. The van der Waals surface area contributed by atoms with Gasteiger partial charge in [-0.05, 0) is 44.5 Å². The van der Waals surface area contributed by atoms with Crippen LogP contribution in [0.5, 0.6) is 5.75 Å². The number of carbonyl (C=O) groups is 2. The second kappa shape index (κ2) is 11.4. The largest absolute Gasteiger partial charge is 0.495 e. The molecule has 0 bridgehead atoms. The van der Waals surface area contributed by atoms with Crippen molar-refractivity contribution in [2.75, 3.05) is 30.8 Å². The van der Waals surface area contributed by atoms with Crippen molar-refractivity contribution in [1.82, 2.24) is 10.2 Å². The van der Waals surface area contributed by atoms with Crippen molar-refractivity contribution >= 4 is 39.1 Å². The van der Waals surface area contributed by atoms with Gasteiger partial charge in [0, 0.05) is 18.1 Å². The third-order valence-electron chi connectivity index (χ3n) is 5.08. The van der Waals surface area contributed by atoms with E-state index in [1.54, 1.807) is 19.9 Å². The van der Waals surface area contributed by atoms with Crippen LogP contribution in [0.4, 0.5) is 5.69 Å². The van der Waals surface area contributed by atoms with E-state index in [1.165, 1.54) is 24.1 Å². The summed E-state index contributed by atoms with van der Waals surface area (Å²) in [4.78, 5) is 27.4. The number of hydrogen-bond donors (Lipinski definition) is 1. The molecule has 2 aromatic carbocycles. The summed E-state index contributed by atoms with van der Waals surface area (Å²) < 4.78 is 31.5. The van der Waals surface area contributed by atoms with E-state index in [-0.39, 0.29) is 23.9 Å². The minimum absolute atomic E-state index is 0.141. The molecule has 1 N–H and O–H groups in total. The van der Waals surface area contributed by atoms with E-state index in [1.807, 2.05) is 31.2 Å². The van der Waals surface area contributed by atoms with Crippen molar-refractivity contribution in [3.8, 4) is 5.75 Å². The summed E-state index contributed by atoms with van der Waals surface area (Å²) in [6, 6.07) is 11.3. The van der Waals surface area contributed by atoms with Crippen LogP contribution >= 0.6 is 11.6 Å². The lowest BCUT2D eigenvalue weighted by molar-refractivity contribution is -0.139. The van der Waals surface area contributed by atoms with Crippen molar-refractivity contribution < 1.29 is 22.7 Å². The fourth-order valence-electron chi connectivity index (χ4n) is 3.25. The molecule has 0 aliphatic heterocycles. The van der Waals surface area contributed by atoms with Crippen molar-refractivity contribution in [3.63, 3.8) is 0 Å². The molecule has 180 valence electrons. The molecule has 0 fully saturated rings. The number of likely N-dealkylation sites (N-methyl/N-ethyl adjacent to an activating group) is 1. The van der Waals surface area contributed by atoms with Gasteiger partial charge in [-0.15, -0.1) is 0 Å². The number of sulfonamides is 1. The average Bonchev–Trinajstić information content (AvgIpc) is 2.75. The highest BCUT2D eigenvalue weighted by molar-refractivity contribution is 7.92. The Balaban J connectivity index is 2.44. The monoisotopic (exact) mass is 495 g/mol. The maximum atomic E-state index is 13.4. The lowest BCUT2D eigenvalue weighted by atomic mass is 10.1. The fourth-order valence-corrected chi connectivity index (χ4v) is 4.26. The van der Waals surface area contributed by atoms with Crippen LogP contribution in [0.25, 0.3) is 0 Å². The molecule has 2 aromatic rings. The van der Waals surface area contributed by atoms with Gasteiger partial charge in [-0.1, -0.05) is 41.4 Å². The molecule has 0 spiro atoms. The second-order valence-corrected chi connectivity index (χ2v) is 10.0. The molecule has 8 nitrogen and oxygen atoms in total. The maximum Gasteiger partial charge on any atom is 0.244 e. The van der Waals surface area contributed by atoms with Gasteiger partial charge in [0.1, 0.15) is 18.3 Å². The van der Waals surface area contributed by atoms with Gasteiger partial charge in [0.15, 0.2) is 0 Å². The summed E-state index contributed by atoms with van der Waals surface area (Å²) >= 11 is 6.09. The minimum atomic E-state index is -3.88. The zero-order valence-corrected chi connectivity index (χ0v) is 21.0. The first-order chi connectivity index (χ1) is 15.5. The van der Waals surface area contributed by atoms with Crippen LogP contribution in [0.2, 0.25) is 5.02 Å². The number of rotatable bonds is 10. The van der Waals surface area contributed by atoms with Gasteiger partial charge in [-0.25, -0.2) is 8.42 Å². The SMILES string of the molecule is CCNC(=O)C(C)N(Cc1ccc(C)cc1)C(=O)CN(c1cc(Cl)ccc1OC)S(C)(=O)=O. The topological polar surface area (TPSA) is 96.0 Å². The number of halogens is 1. The highest BCUT2D eigenvalue weighted by Gasteiger charge is 2.31. The molecule has 0 saturated carbocycles. The Labute approximate surface area is 200 Å². The quantitative estimate of drug-likeness (QED) is 0.546. The van der Waals surface area contributed by atoms with Gasteiger partial charge < -0.3 is 15.0 Å². The van der Waals surface area contributed by atoms with Crippen LogP contribution in [-0.2, 0) is 26.2 Å². The molecule has 0 aromatic heterocycles. The third kappa shape index (κ3) is 7.10. The second-order valence-electron chi connectivity index (χ2n) is 7.66. The van der Waals surface area contributed by atoms with Crippen LogP contribution in [0.15, 0.2) is 42.5 Å². The predicted molar refractivity (Wildman–Crippen MR) is 130 cm³/mol. The molecule has 1 unspecified atom stereocenters. The van der Waals surface area contributed by atoms with E-state index in [0.29, 0.717) is 11.6 Å². The third-order valence-corrected chi connectivity index (χ3v) is 6.44. The van der Waals surface area contributed by atoms with Crippen LogP contribution in [-0.4, -0.2) is 57.6 Å². The smallest absolute Gasteiger partial charge is 0.244 e. The first-order valence-electron chi connectivity index (χ1n) is 10.4. The number of aryl methyl sites for hydroxylation is 1. The van der Waals surface area contributed by atoms with Crippen molar-refractivity contribution in [2.45, 2.75) is 33.4 Å². The average molecular weight is 496 g/mol. The number of carbonyl (C=O) groups excluding carboxylic acids is 2. The van der Waals surface area contributed by atoms with Gasteiger partial charge in [0.05, 0.1) is 19.1 Å². The minimum Gasteiger partial charge on any atom is -0.495 e. The Hall–Kier alpha value is -2.78. The summed E-state index contributed by atoms with van der Waals surface area (Å²) in [5, 5.41) is 3.01. The normalized spacial score (nSPS) is 12.1. The standard InChI is InChI=1S/C23H30ClN3O5S/c1-6-25-23(29)17(3)26(14-18-9-7-16(2)8-10-18)22(28)15-27(33(5,30)31)20-13-19(24)11-12-21(20)32-4/h7-13,17H,6,14-15H2,1-5H3,(H,25,29). The molecule has 0 radical (unpaired) electrons. The fraction of sp³-hybridized carbons (Fsp3) is 0.391. The first-order valence-corrected chi connectivity index (χ1v) is 12.6. The Kier molecular flexibility index (Phi) is 9.13. The van der Waals surface area contributed by atoms with Crippen LogP contribution < -0.4 is 14.4 Å². The molecule has 0 aliphatic rings. The molecule has 33 heavy (non-hydrogen) atoms. The van der Waals surface area contributed by atoms with E-state index in [9.17, 15) is 18.0 Å². The number of amides is 2. The lowest BCUT2D eigenvalue weighted by Crippen LogP contribution is -2.51. The lowest BCUT2D eigenvalue weighted by Gasteiger charge is -2.31. The van der Waals surface area contributed by atoms with Crippen LogP contribution in [0.1, 0.15) is 25.0 Å². The summed E-state index contributed by atoms with van der Waals surface area (Å²) in [6.07, 6.45) is 0.998. The maximum absolute atomic E-state index is 13.4. The number of methoxy groups -OCH3 is 1. The Morgan fingerprint density at radius 1 is 1.15 bits per heavy atom.